The summed E-state index contributed by atoms with van der Waals surface area (Å²) >= 11 is 0. The molecule has 0 aromatic rings. The van der Waals surface area contributed by atoms with Crippen LogP contribution in [0.15, 0.2) is 0 Å². The number of rotatable bonds is 3. The fourth-order valence-corrected chi connectivity index (χ4v) is 2.31. The van der Waals surface area contributed by atoms with Gasteiger partial charge in [0.15, 0.2) is 0 Å². The van der Waals surface area contributed by atoms with Gasteiger partial charge in [0, 0.05) is 6.16 Å². The van der Waals surface area contributed by atoms with Gasteiger partial charge in [-0.05, 0) is 0 Å². The second-order valence-corrected chi connectivity index (χ2v) is 5.33. The molecule has 6 atom stereocenters. The Labute approximate surface area is 91.3 Å². The van der Waals surface area contributed by atoms with Gasteiger partial charge in [0.2, 0.25) is 0 Å². The highest BCUT2D eigenvalue weighted by Gasteiger charge is 2.44. The molecule has 1 heterocycles. The van der Waals surface area contributed by atoms with E-state index in [9.17, 15) is 24.8 Å². The van der Waals surface area contributed by atoms with Crippen LogP contribution in [-0.4, -0.2) is 68.6 Å². The number of hydrogen-bond donors (Lipinski definition) is 5. The molecule has 0 amide bonds. The van der Waals surface area contributed by atoms with Crippen molar-refractivity contribution >= 4 is 7.60 Å². The van der Waals surface area contributed by atoms with Crippen LogP contribution in [-0.2, 0) is 9.30 Å². The minimum atomic E-state index is -4.66. The Hall–Kier alpha value is -0.0500. The summed E-state index contributed by atoms with van der Waals surface area (Å²) in [4.78, 5) is 19.2. The standard InChI is InChI=1S/C7H15O8P/c8-1-3-5(9)7(11)6(10)4(15-3)2-16(12,13)14/h3-11H,1-2H2,(H2,12,13,14)/p-1/t3-,4+,5-,6+,7+/m1/s1. The van der Waals surface area contributed by atoms with Gasteiger partial charge in [-0.3, -0.25) is 0 Å². The summed E-state index contributed by atoms with van der Waals surface area (Å²) in [5, 5.41) is 36.9. The average molecular weight is 257 g/mol. The van der Waals surface area contributed by atoms with Gasteiger partial charge in [0.1, 0.15) is 32.0 Å². The Morgan fingerprint density at radius 2 is 1.62 bits per heavy atom. The fraction of sp³-hybridized carbons (Fsp3) is 1.00. The Kier molecular flexibility index (Phi) is 4.44. The molecule has 1 fully saturated rings. The first-order valence-corrected chi connectivity index (χ1v) is 6.36. The molecule has 9 heteroatoms. The van der Waals surface area contributed by atoms with Crippen molar-refractivity contribution in [3.05, 3.63) is 0 Å². The zero-order chi connectivity index (χ0) is 12.5. The van der Waals surface area contributed by atoms with E-state index in [4.69, 9.17) is 14.7 Å². The summed E-state index contributed by atoms with van der Waals surface area (Å²) in [7, 11) is -4.66. The first-order chi connectivity index (χ1) is 7.26. The predicted molar refractivity (Wildman–Crippen MR) is 48.5 cm³/mol. The normalized spacial score (nSPS) is 44.0. The largest absolute Gasteiger partial charge is 0.779 e. The maximum atomic E-state index is 10.6. The number of aliphatic hydroxyl groups excluding tert-OH is 4. The molecule has 8 nitrogen and oxygen atoms in total. The summed E-state index contributed by atoms with van der Waals surface area (Å²) in [5.41, 5.74) is 0. The van der Waals surface area contributed by atoms with Crippen molar-refractivity contribution in [3.63, 3.8) is 0 Å². The lowest BCUT2D eigenvalue weighted by Crippen LogP contribution is -2.59. The minimum Gasteiger partial charge on any atom is -0.779 e. The highest BCUT2D eigenvalue weighted by molar-refractivity contribution is 7.50. The molecule has 1 aliphatic rings. The van der Waals surface area contributed by atoms with Gasteiger partial charge >= 0.3 is 0 Å². The van der Waals surface area contributed by atoms with Gasteiger partial charge < -0.3 is 39.5 Å². The van der Waals surface area contributed by atoms with E-state index in [0.717, 1.165) is 0 Å². The lowest BCUT2D eigenvalue weighted by atomic mass is 9.96. The molecule has 1 aliphatic heterocycles. The van der Waals surface area contributed by atoms with E-state index >= 15 is 0 Å². The van der Waals surface area contributed by atoms with Gasteiger partial charge in [-0.15, -0.1) is 0 Å². The molecule has 1 saturated heterocycles. The van der Waals surface area contributed by atoms with Crippen molar-refractivity contribution < 1.29 is 39.5 Å². The first kappa shape index (κ1) is 14.0. The lowest BCUT2D eigenvalue weighted by molar-refractivity contribution is -0.231. The predicted octanol–water partition coefficient (Wildman–Crippen LogP) is -3.63. The van der Waals surface area contributed by atoms with E-state index in [1.165, 1.54) is 0 Å². The van der Waals surface area contributed by atoms with E-state index in [2.05, 4.69) is 0 Å². The minimum absolute atomic E-state index is 0.643. The maximum Gasteiger partial charge on any atom is 0.135 e. The quantitative estimate of drug-likeness (QED) is 0.325. The van der Waals surface area contributed by atoms with Gasteiger partial charge in [0.05, 0.1) is 12.7 Å². The summed E-state index contributed by atoms with van der Waals surface area (Å²) in [6.07, 6.45) is -8.27. The molecule has 5 N–H and O–H groups in total. The maximum absolute atomic E-state index is 10.6. The van der Waals surface area contributed by atoms with Gasteiger partial charge in [0.25, 0.3) is 0 Å². The SMILES string of the molecule is O=P([O-])(O)C[C@@H]1O[C@H](CO)[C@@H](O)[C@H](O)[C@H]1O. The highest BCUT2D eigenvalue weighted by Crippen LogP contribution is 2.34. The topological polar surface area (TPSA) is 151 Å². The van der Waals surface area contributed by atoms with Crippen LogP contribution in [0.25, 0.3) is 0 Å². The third kappa shape index (κ3) is 3.22. The molecule has 0 radical (unpaired) electrons. The van der Waals surface area contributed by atoms with E-state index < -0.39 is 50.9 Å². The molecule has 0 aromatic heterocycles. The van der Waals surface area contributed by atoms with Gasteiger partial charge in [-0.2, -0.15) is 0 Å². The van der Waals surface area contributed by atoms with Crippen LogP contribution in [0.1, 0.15) is 0 Å². The molecule has 0 saturated carbocycles. The molecular weight excluding hydrogens is 243 g/mol. The van der Waals surface area contributed by atoms with E-state index in [1.54, 1.807) is 0 Å². The van der Waals surface area contributed by atoms with Crippen molar-refractivity contribution in [2.24, 2.45) is 0 Å². The van der Waals surface area contributed by atoms with Gasteiger partial charge in [-0.25, -0.2) is 0 Å². The van der Waals surface area contributed by atoms with Crippen LogP contribution in [0.2, 0.25) is 0 Å². The number of hydrogen-bond acceptors (Lipinski definition) is 7. The summed E-state index contributed by atoms with van der Waals surface area (Å²) in [6.45, 7) is -0.643. The third-order valence-electron chi connectivity index (χ3n) is 2.40. The Balaban J connectivity index is 2.75. The van der Waals surface area contributed by atoms with E-state index in [1.807, 2.05) is 0 Å². The van der Waals surface area contributed by atoms with Crippen molar-refractivity contribution in [1.82, 2.24) is 0 Å². The Morgan fingerprint density at radius 1 is 1.12 bits per heavy atom. The van der Waals surface area contributed by atoms with Crippen LogP contribution in [0.3, 0.4) is 0 Å². The van der Waals surface area contributed by atoms with Crippen molar-refractivity contribution in [2.75, 3.05) is 12.8 Å². The molecule has 0 spiro atoms. The molecule has 0 aliphatic carbocycles. The third-order valence-corrected chi connectivity index (χ3v) is 3.22. The second-order valence-electron chi connectivity index (χ2n) is 3.69. The summed E-state index contributed by atoms with van der Waals surface area (Å²) < 4.78 is 15.5. The van der Waals surface area contributed by atoms with Crippen LogP contribution >= 0.6 is 7.60 Å². The van der Waals surface area contributed by atoms with Crippen LogP contribution in [0, 0.1) is 0 Å². The van der Waals surface area contributed by atoms with E-state index in [0.29, 0.717) is 0 Å². The monoisotopic (exact) mass is 257 g/mol. The molecule has 0 bridgehead atoms. The Bertz CT molecular complexity index is 276. The zero-order valence-corrected chi connectivity index (χ0v) is 9.10. The zero-order valence-electron chi connectivity index (χ0n) is 8.21. The van der Waals surface area contributed by atoms with Crippen LogP contribution in [0.5, 0.6) is 0 Å². The first-order valence-electron chi connectivity index (χ1n) is 4.59. The average Bonchev–Trinajstić information content (AvgIpc) is 2.17. The lowest BCUT2D eigenvalue weighted by Gasteiger charge is -2.41. The van der Waals surface area contributed by atoms with Gasteiger partial charge in [-0.1, -0.05) is 0 Å². The summed E-state index contributed by atoms with van der Waals surface area (Å²) in [6, 6.07) is 0. The number of aliphatic hydroxyl groups is 4. The molecule has 1 unspecified atom stereocenters. The smallest absolute Gasteiger partial charge is 0.135 e. The summed E-state index contributed by atoms with van der Waals surface area (Å²) in [5.74, 6) is 0. The fourth-order valence-electron chi connectivity index (χ4n) is 1.56. The second kappa shape index (κ2) is 5.07. The molecule has 96 valence electrons. The van der Waals surface area contributed by atoms with Crippen molar-refractivity contribution in [2.45, 2.75) is 30.5 Å². The van der Waals surface area contributed by atoms with E-state index in [-0.39, 0.29) is 0 Å². The molecule has 0 aromatic carbocycles. The number of ether oxygens (including phenoxy) is 1. The van der Waals surface area contributed by atoms with Crippen molar-refractivity contribution in [3.8, 4) is 0 Å². The van der Waals surface area contributed by atoms with Crippen LogP contribution in [0.4, 0.5) is 0 Å². The van der Waals surface area contributed by atoms with Crippen LogP contribution < -0.4 is 4.89 Å². The molecule has 16 heavy (non-hydrogen) atoms. The highest BCUT2D eigenvalue weighted by atomic mass is 31.2. The Morgan fingerprint density at radius 3 is 2.06 bits per heavy atom. The molecule has 1 rings (SSSR count). The molecular formula is C7H14O8P-. The van der Waals surface area contributed by atoms with Crippen molar-refractivity contribution in [1.29, 1.82) is 0 Å².